The van der Waals surface area contributed by atoms with Crippen molar-refractivity contribution in [1.82, 2.24) is 0 Å². The van der Waals surface area contributed by atoms with E-state index >= 15 is 0 Å². The number of carbonyl (C=O) groups is 1. The van der Waals surface area contributed by atoms with Crippen LogP contribution in [0.15, 0.2) is 36.4 Å². The van der Waals surface area contributed by atoms with Crippen molar-refractivity contribution < 1.29 is 14.6 Å². The van der Waals surface area contributed by atoms with Crippen LogP contribution < -0.4 is 15.4 Å². The molecule has 0 aliphatic carbocycles. The molecular formula is C16H16N2O3. The highest BCUT2D eigenvalue weighted by Gasteiger charge is 2.19. The number of para-hydroxylation sites is 1. The molecule has 108 valence electrons. The molecule has 2 aromatic rings. The maximum absolute atomic E-state index is 12.4. The first-order valence-corrected chi connectivity index (χ1v) is 6.76. The van der Waals surface area contributed by atoms with E-state index in [9.17, 15) is 9.90 Å². The lowest BCUT2D eigenvalue weighted by molar-refractivity contribution is 0.102. The van der Waals surface area contributed by atoms with E-state index in [1.54, 1.807) is 30.3 Å². The number of rotatable bonds is 2. The minimum absolute atomic E-state index is 0.0396. The molecule has 1 aliphatic rings. The maximum Gasteiger partial charge on any atom is 0.259 e. The maximum atomic E-state index is 12.4. The van der Waals surface area contributed by atoms with Crippen LogP contribution >= 0.6 is 0 Å². The number of aromatic hydroxyl groups is 1. The first kappa shape index (κ1) is 13.3. The van der Waals surface area contributed by atoms with Crippen LogP contribution in [-0.4, -0.2) is 24.2 Å². The second-order valence-electron chi connectivity index (χ2n) is 4.93. The first-order valence-electron chi connectivity index (χ1n) is 6.76. The smallest absolute Gasteiger partial charge is 0.259 e. The predicted molar refractivity (Wildman–Crippen MR) is 81.2 cm³/mol. The molecule has 0 bridgehead atoms. The van der Waals surface area contributed by atoms with Gasteiger partial charge in [0.2, 0.25) is 0 Å². The first-order chi connectivity index (χ1) is 10.1. The Morgan fingerprint density at radius 3 is 3.05 bits per heavy atom. The summed E-state index contributed by atoms with van der Waals surface area (Å²) in [5.74, 6) is 0.280. The zero-order valence-corrected chi connectivity index (χ0v) is 11.6. The second kappa shape index (κ2) is 5.36. The van der Waals surface area contributed by atoms with Gasteiger partial charge in [-0.3, -0.25) is 4.79 Å². The summed E-state index contributed by atoms with van der Waals surface area (Å²) in [4.78, 5) is 12.4. The molecule has 0 unspecified atom stereocenters. The molecule has 2 aromatic carbocycles. The number of ether oxygens (including phenoxy) is 1. The number of carbonyl (C=O) groups excluding carboxylic acids is 1. The minimum atomic E-state index is -0.309. The zero-order valence-electron chi connectivity index (χ0n) is 11.6. The Kier molecular flexibility index (Phi) is 3.39. The molecule has 0 atom stereocenters. The van der Waals surface area contributed by atoms with Crippen molar-refractivity contribution in [3.8, 4) is 11.5 Å². The third-order valence-corrected chi connectivity index (χ3v) is 3.32. The topological polar surface area (TPSA) is 70.6 Å². The Morgan fingerprint density at radius 2 is 2.19 bits per heavy atom. The van der Waals surface area contributed by atoms with E-state index in [0.29, 0.717) is 23.6 Å². The second-order valence-corrected chi connectivity index (χ2v) is 4.93. The van der Waals surface area contributed by atoms with Crippen LogP contribution in [0, 0.1) is 6.92 Å². The fourth-order valence-corrected chi connectivity index (χ4v) is 2.29. The monoisotopic (exact) mass is 284 g/mol. The van der Waals surface area contributed by atoms with Gasteiger partial charge in [0.25, 0.3) is 5.91 Å². The lowest BCUT2D eigenvalue weighted by Crippen LogP contribution is -2.21. The van der Waals surface area contributed by atoms with Gasteiger partial charge in [-0.2, -0.15) is 0 Å². The molecule has 0 spiro atoms. The van der Waals surface area contributed by atoms with Crippen molar-refractivity contribution in [3.05, 3.63) is 47.5 Å². The molecule has 0 fully saturated rings. The summed E-state index contributed by atoms with van der Waals surface area (Å²) in [5.41, 5.74) is 2.60. The minimum Gasteiger partial charge on any atom is -0.506 e. The van der Waals surface area contributed by atoms with Crippen LogP contribution in [0.4, 0.5) is 11.4 Å². The van der Waals surface area contributed by atoms with E-state index in [2.05, 4.69) is 10.6 Å². The number of phenols is 1. The van der Waals surface area contributed by atoms with Crippen molar-refractivity contribution in [2.75, 3.05) is 23.8 Å². The van der Waals surface area contributed by atoms with Gasteiger partial charge in [-0.25, -0.2) is 0 Å². The van der Waals surface area contributed by atoms with Crippen LogP contribution in [0.3, 0.4) is 0 Å². The van der Waals surface area contributed by atoms with Gasteiger partial charge >= 0.3 is 0 Å². The summed E-state index contributed by atoms with van der Waals surface area (Å²) in [7, 11) is 0. The van der Waals surface area contributed by atoms with Crippen molar-refractivity contribution >= 4 is 17.3 Å². The summed E-state index contributed by atoms with van der Waals surface area (Å²) in [5, 5.41) is 15.7. The fourth-order valence-electron chi connectivity index (χ4n) is 2.29. The summed E-state index contributed by atoms with van der Waals surface area (Å²) >= 11 is 0. The number of nitrogens with one attached hydrogen (secondary N) is 2. The molecule has 1 aliphatic heterocycles. The number of benzene rings is 2. The van der Waals surface area contributed by atoms with Gasteiger partial charge in [0.05, 0.1) is 16.9 Å². The lowest BCUT2D eigenvalue weighted by Gasteiger charge is -2.21. The van der Waals surface area contributed by atoms with Crippen LogP contribution in [0.25, 0.3) is 0 Å². The molecule has 0 aromatic heterocycles. The third-order valence-electron chi connectivity index (χ3n) is 3.32. The van der Waals surface area contributed by atoms with Crippen molar-refractivity contribution in [3.63, 3.8) is 0 Å². The highest BCUT2D eigenvalue weighted by molar-refractivity contribution is 6.08. The van der Waals surface area contributed by atoms with E-state index in [1.165, 1.54) is 0 Å². The van der Waals surface area contributed by atoms with E-state index < -0.39 is 0 Å². The van der Waals surface area contributed by atoms with Gasteiger partial charge in [0, 0.05) is 6.54 Å². The highest BCUT2D eigenvalue weighted by Crippen LogP contribution is 2.32. The van der Waals surface area contributed by atoms with E-state index in [4.69, 9.17) is 4.74 Å². The number of hydrogen-bond acceptors (Lipinski definition) is 4. The van der Waals surface area contributed by atoms with Crippen LogP contribution in [0.2, 0.25) is 0 Å². The number of phenolic OH excluding ortho intramolecular Hbond substituents is 1. The van der Waals surface area contributed by atoms with Crippen LogP contribution in [0.5, 0.6) is 11.5 Å². The van der Waals surface area contributed by atoms with E-state index in [1.807, 2.05) is 13.0 Å². The SMILES string of the molecule is Cc1ccc(O)c(NC(=O)c2cccc3c2OCCN3)c1. The molecule has 1 amide bonds. The Labute approximate surface area is 122 Å². The highest BCUT2D eigenvalue weighted by atomic mass is 16.5. The molecule has 0 saturated heterocycles. The predicted octanol–water partition coefficient (Wildman–Crippen LogP) is 2.76. The Hall–Kier alpha value is -2.69. The van der Waals surface area contributed by atoms with Gasteiger partial charge in [-0.1, -0.05) is 12.1 Å². The van der Waals surface area contributed by atoms with Gasteiger partial charge in [-0.15, -0.1) is 0 Å². The van der Waals surface area contributed by atoms with Crippen molar-refractivity contribution in [2.45, 2.75) is 6.92 Å². The fraction of sp³-hybridized carbons (Fsp3) is 0.188. The number of fused-ring (bicyclic) bond motifs is 1. The van der Waals surface area contributed by atoms with Crippen molar-refractivity contribution in [2.24, 2.45) is 0 Å². The largest absolute Gasteiger partial charge is 0.506 e. The molecule has 5 nitrogen and oxygen atoms in total. The molecule has 3 rings (SSSR count). The van der Waals surface area contributed by atoms with Gasteiger partial charge in [0.1, 0.15) is 12.4 Å². The molecule has 0 radical (unpaired) electrons. The lowest BCUT2D eigenvalue weighted by atomic mass is 10.1. The molecule has 21 heavy (non-hydrogen) atoms. The number of anilines is 2. The number of amides is 1. The summed E-state index contributed by atoms with van der Waals surface area (Å²) in [6, 6.07) is 10.4. The van der Waals surface area contributed by atoms with Gasteiger partial charge in [-0.05, 0) is 36.8 Å². The van der Waals surface area contributed by atoms with Crippen molar-refractivity contribution in [1.29, 1.82) is 0 Å². The van der Waals surface area contributed by atoms with Crippen LogP contribution in [0.1, 0.15) is 15.9 Å². The summed E-state index contributed by atoms with van der Waals surface area (Å²) < 4.78 is 5.58. The number of aryl methyl sites for hydroxylation is 1. The molecule has 0 saturated carbocycles. The Balaban J connectivity index is 1.91. The standard InChI is InChI=1S/C16H16N2O3/c1-10-5-6-14(19)13(9-10)18-16(20)11-3-2-4-12-15(11)21-8-7-17-12/h2-6,9,17,19H,7-8H2,1H3,(H,18,20). The van der Waals surface area contributed by atoms with Crippen LogP contribution in [-0.2, 0) is 0 Å². The summed E-state index contributed by atoms with van der Waals surface area (Å²) in [6.45, 7) is 3.14. The normalized spacial score (nSPS) is 12.8. The van der Waals surface area contributed by atoms with Gasteiger partial charge in [0.15, 0.2) is 5.75 Å². The number of hydrogen-bond donors (Lipinski definition) is 3. The van der Waals surface area contributed by atoms with Gasteiger partial charge < -0.3 is 20.5 Å². The molecule has 3 N–H and O–H groups in total. The summed E-state index contributed by atoms with van der Waals surface area (Å²) in [6.07, 6.45) is 0. The average molecular weight is 284 g/mol. The van der Waals surface area contributed by atoms with E-state index in [0.717, 1.165) is 17.8 Å². The Morgan fingerprint density at radius 1 is 1.33 bits per heavy atom. The Bertz CT molecular complexity index is 698. The zero-order chi connectivity index (χ0) is 14.8. The van der Waals surface area contributed by atoms with E-state index in [-0.39, 0.29) is 11.7 Å². The quantitative estimate of drug-likeness (QED) is 0.742. The third kappa shape index (κ3) is 2.63. The molecule has 5 heteroatoms. The molecule has 1 heterocycles. The molecular weight excluding hydrogens is 268 g/mol. The average Bonchev–Trinajstić information content (AvgIpc) is 2.50.